The van der Waals surface area contributed by atoms with E-state index in [0.29, 0.717) is 30.2 Å². The van der Waals surface area contributed by atoms with Crippen LogP contribution >= 0.6 is 0 Å². The lowest BCUT2D eigenvalue weighted by molar-refractivity contribution is -0.188. The molecular weight excluding hydrogens is 1540 g/mol. The zero-order valence-electron chi connectivity index (χ0n) is 70.1. The Balaban J connectivity index is 0.000000754. The van der Waals surface area contributed by atoms with Gasteiger partial charge in [-0.1, -0.05) is 190 Å². The summed E-state index contributed by atoms with van der Waals surface area (Å²) in [5.41, 5.74) is 4.46. The number of hydrogen-bond donors (Lipinski definition) is 7. The maximum Gasteiger partial charge on any atom is 0.408 e. The molecule has 3 aromatic heterocycles. The molecule has 8 rings (SSSR count). The van der Waals surface area contributed by atoms with Crippen LogP contribution in [0.1, 0.15) is 148 Å². The topological polar surface area (TPSA) is 453 Å². The number of carboxylic acids is 2. The quantitative estimate of drug-likeness (QED) is 0.00392. The van der Waals surface area contributed by atoms with E-state index in [1.54, 1.807) is 84.1 Å². The van der Waals surface area contributed by atoms with Gasteiger partial charge in [-0.3, -0.25) is 0 Å². The molecule has 0 saturated carbocycles. The van der Waals surface area contributed by atoms with Gasteiger partial charge in [0.15, 0.2) is 12.1 Å². The molecule has 35 heteroatoms. The maximum atomic E-state index is 12.8. The first-order valence-electron chi connectivity index (χ1n) is 37.3. The van der Waals surface area contributed by atoms with Crippen LogP contribution in [0.15, 0.2) is 180 Å². The summed E-state index contributed by atoms with van der Waals surface area (Å²) in [7, 11) is 3.64. The minimum absolute atomic E-state index is 0.0346. The predicted octanol–water partition coefficient (Wildman–Crippen LogP) is 10.8. The third kappa shape index (κ3) is 49.2. The SMILES string of the molecule is C#CC[C@@H](NC(=O)OC(C)(C)C)C(=O)OCc1ccccc1.C#CC[C@H](NC(=O)OC(C)(C)C)C(=O)O.CC.CC.CC(C)(C)OC(=O)N[C@@H](Cc1cn(Cc2ccccc2)nn1)C(=O)OCc1ccccc1.CO.COOC=N[C@@H](Cc1cn(Cc2ccccc2)nn1)C(=O)OCc1ccccc1.COOC=N[C@@H](Cc1cn[nH]n1)C(=O)O. The van der Waals surface area contributed by atoms with E-state index in [9.17, 15) is 38.4 Å². The van der Waals surface area contributed by atoms with Crippen molar-refractivity contribution in [2.45, 2.75) is 202 Å². The Morgan fingerprint density at radius 3 is 1.13 bits per heavy atom. The van der Waals surface area contributed by atoms with Crippen LogP contribution in [0.25, 0.3) is 0 Å². The molecule has 35 nitrogen and oxygen atoms in total. The number of ether oxygens (including phenoxy) is 6. The summed E-state index contributed by atoms with van der Waals surface area (Å²) in [6.07, 6.45) is 15.4. The number of esters is 3. The molecule has 119 heavy (non-hydrogen) atoms. The number of nitrogens with one attached hydrogen (secondary N) is 4. The molecule has 3 amide bonds. The van der Waals surface area contributed by atoms with Crippen LogP contribution in [0, 0.1) is 24.7 Å². The van der Waals surface area contributed by atoms with Crippen molar-refractivity contribution in [1.82, 2.24) is 61.3 Å². The van der Waals surface area contributed by atoms with Crippen LogP contribution in [0.4, 0.5) is 14.4 Å². The molecule has 644 valence electrons. The Bertz CT molecular complexity index is 4290. The molecule has 0 radical (unpaired) electrons. The number of carboxylic acid groups (broad SMARTS) is 2. The molecule has 0 aliphatic carbocycles. The number of amides is 3. The molecular formula is C84H112N14O21. The number of aliphatic carboxylic acids is 2. The molecule has 7 N–H and O–H groups in total. The number of hydrogen-bond acceptors (Lipinski definition) is 27. The van der Waals surface area contributed by atoms with Crippen LogP contribution in [0.5, 0.6) is 0 Å². The number of alkyl carbamates (subject to hydrolysis) is 3. The predicted molar refractivity (Wildman–Crippen MR) is 441 cm³/mol. The van der Waals surface area contributed by atoms with Gasteiger partial charge in [0.25, 0.3) is 0 Å². The summed E-state index contributed by atoms with van der Waals surface area (Å²) in [4.78, 5) is 119. The van der Waals surface area contributed by atoms with E-state index in [0.717, 1.165) is 47.7 Å². The Kier molecular flexibility index (Phi) is 51.7. The standard InChI is InChI=1S/C24H28N4O4.C21H22N4O4.C17H21NO4.C10H15NO4.C7H10N4O4.2C2H6.CH4O/c1-24(2,3)32-23(30)25-21(22(29)31-17-19-12-8-5-9-13-19)14-20-16-28(27-26-20)15-18-10-6-4-7-11-18;1-27-29-16-22-20(21(26)28-15-18-10-6-3-7-11-18)12-19-14-25(24-23-19)13-17-8-4-2-5-9-17;1-5-9-14(18-16(20)22-17(2,3)4)15(19)21-12-13-10-7-6-8-11-13;1-5-6-7(8(12)13)11-9(14)15-10(2,3)4;1-14-15-4-8-6(7(12)13)2-5-3-9-11-10-5;3*1-2/h4-13,16,21H,14-15,17H2,1-3H3,(H,25,30);2-11,14,16,20H,12-13,15H2,1H3;1,6-8,10-11,14H,9,12H2,2-4H3,(H,18,20);1,7H,6H2,2-4H3,(H,11,14)(H,12,13);3-4,6H,2H2,1H3,(H,12,13)(H,9,10,11);2*1-2H3;2H,1H3/t21-;20-;14-;7-;6-;;;/m00100.../s1. The first kappa shape index (κ1) is 104. The highest BCUT2D eigenvalue weighted by atomic mass is 17.2. The molecule has 0 saturated heterocycles. The Hall–Kier alpha value is -13.4. The van der Waals surface area contributed by atoms with Crippen molar-refractivity contribution in [1.29, 1.82) is 0 Å². The first-order valence-corrected chi connectivity index (χ1v) is 37.3. The Morgan fingerprint density at radius 1 is 0.462 bits per heavy atom. The summed E-state index contributed by atoms with van der Waals surface area (Å²) in [6.45, 7) is 25.0. The summed E-state index contributed by atoms with van der Waals surface area (Å²) >= 11 is 0. The second-order valence-electron chi connectivity index (χ2n) is 26.8. The van der Waals surface area contributed by atoms with Crippen molar-refractivity contribution in [3.8, 4) is 24.7 Å². The molecule has 5 atom stereocenters. The second-order valence-corrected chi connectivity index (χ2v) is 26.8. The van der Waals surface area contributed by atoms with Crippen molar-refractivity contribution in [2.24, 2.45) is 9.98 Å². The summed E-state index contributed by atoms with van der Waals surface area (Å²) < 4.78 is 34.7. The van der Waals surface area contributed by atoms with Gasteiger partial charge in [-0.2, -0.15) is 25.2 Å². The van der Waals surface area contributed by atoms with Gasteiger partial charge in [0.2, 0.25) is 12.8 Å². The van der Waals surface area contributed by atoms with Gasteiger partial charge in [-0.05, 0) is 90.1 Å². The number of terminal acetylenes is 2. The molecule has 5 aromatic carbocycles. The number of carbonyl (C=O) groups excluding carboxylic acids is 6. The number of aromatic nitrogens is 9. The maximum absolute atomic E-state index is 12.8. The van der Waals surface area contributed by atoms with Crippen LogP contribution < -0.4 is 16.0 Å². The normalized spacial score (nSPS) is 11.7. The zero-order valence-corrected chi connectivity index (χ0v) is 70.1. The van der Waals surface area contributed by atoms with Gasteiger partial charge in [-0.15, -0.1) is 34.9 Å². The highest BCUT2D eigenvalue weighted by Gasteiger charge is 2.29. The molecule has 0 bridgehead atoms. The van der Waals surface area contributed by atoms with Crippen molar-refractivity contribution in [3.05, 3.63) is 215 Å². The van der Waals surface area contributed by atoms with Crippen LogP contribution in [-0.2, 0) is 124 Å². The number of carbonyl (C=O) groups is 8. The van der Waals surface area contributed by atoms with E-state index in [1.165, 1.54) is 20.4 Å². The highest BCUT2D eigenvalue weighted by molar-refractivity contribution is 5.83. The van der Waals surface area contributed by atoms with Gasteiger partial charge in [-0.25, -0.2) is 57.7 Å². The van der Waals surface area contributed by atoms with E-state index in [-0.39, 0.29) is 51.9 Å². The number of nitrogens with zero attached hydrogens (tertiary/aromatic N) is 10. The molecule has 0 aliphatic heterocycles. The monoisotopic (exact) mass is 1650 g/mol. The van der Waals surface area contributed by atoms with Gasteiger partial charge < -0.3 is 69.5 Å². The number of aliphatic hydroxyl groups excluding tert-OH is 1. The van der Waals surface area contributed by atoms with E-state index in [4.69, 9.17) is 56.6 Å². The molecule has 8 aromatic rings. The van der Waals surface area contributed by atoms with Crippen LogP contribution in [-0.4, -0.2) is 190 Å². The highest BCUT2D eigenvalue weighted by Crippen LogP contribution is 2.15. The van der Waals surface area contributed by atoms with Crippen LogP contribution in [0.2, 0.25) is 0 Å². The molecule has 0 fully saturated rings. The lowest BCUT2D eigenvalue weighted by Gasteiger charge is -2.22. The second kappa shape index (κ2) is 59.3. The smallest absolute Gasteiger partial charge is 0.408 e. The minimum Gasteiger partial charge on any atom is -0.480 e. The van der Waals surface area contributed by atoms with Crippen molar-refractivity contribution in [2.75, 3.05) is 21.3 Å². The molecule has 0 spiro atoms. The Morgan fingerprint density at radius 2 is 0.790 bits per heavy atom. The van der Waals surface area contributed by atoms with Gasteiger partial charge in [0.05, 0.1) is 50.6 Å². The van der Waals surface area contributed by atoms with Gasteiger partial charge >= 0.3 is 48.1 Å². The number of aliphatic imine (C=N–C) groups is 2. The third-order valence-corrected chi connectivity index (χ3v) is 13.8. The van der Waals surface area contributed by atoms with E-state index in [2.05, 4.69) is 93.4 Å². The fraction of sp³-hybridized carbons (Fsp3) is 0.405. The van der Waals surface area contributed by atoms with Crippen molar-refractivity contribution < 1.29 is 102 Å². The number of aromatic amines is 1. The average molecular weight is 1650 g/mol. The summed E-state index contributed by atoms with van der Waals surface area (Å²) in [6, 6.07) is 43.0. The van der Waals surface area contributed by atoms with Gasteiger partial charge in [0, 0.05) is 51.6 Å². The lowest BCUT2D eigenvalue weighted by Crippen LogP contribution is -2.45. The average Bonchev–Trinajstić information content (AvgIpc) is 1.78. The molecule has 3 heterocycles. The summed E-state index contributed by atoms with van der Waals surface area (Å²) in [5, 5.41) is 57.9. The molecule has 0 aliphatic rings. The van der Waals surface area contributed by atoms with Gasteiger partial charge in [0.1, 0.15) is 54.7 Å². The zero-order chi connectivity index (χ0) is 89.0. The number of H-pyrrole nitrogens is 1. The Labute approximate surface area is 694 Å². The number of rotatable bonds is 32. The van der Waals surface area contributed by atoms with Crippen LogP contribution in [0.3, 0.4) is 0 Å². The van der Waals surface area contributed by atoms with Crippen molar-refractivity contribution in [3.63, 3.8) is 0 Å². The summed E-state index contributed by atoms with van der Waals surface area (Å²) in [5.74, 6) is 0.608. The minimum atomic E-state index is -1.18. The third-order valence-electron chi connectivity index (χ3n) is 13.8. The van der Waals surface area contributed by atoms with E-state index >= 15 is 0 Å². The lowest BCUT2D eigenvalue weighted by atomic mass is 10.1. The number of aliphatic hydroxyl groups is 1. The first-order chi connectivity index (χ1) is 56.8. The van der Waals surface area contributed by atoms with Crippen molar-refractivity contribution >= 4 is 60.9 Å². The van der Waals surface area contributed by atoms with E-state index in [1.807, 2.05) is 179 Å². The fourth-order valence-electron chi connectivity index (χ4n) is 8.83. The fourth-order valence-corrected chi connectivity index (χ4v) is 8.83. The number of benzene rings is 5. The van der Waals surface area contributed by atoms with E-state index < -0.39 is 95.1 Å². The molecule has 0 unspecified atom stereocenters. The largest absolute Gasteiger partial charge is 0.480 e.